The van der Waals surface area contributed by atoms with Gasteiger partial charge in [0.05, 0.1) is 19.3 Å². The second kappa shape index (κ2) is 11.3. The molecule has 1 rings (SSSR count). The van der Waals surface area contributed by atoms with E-state index >= 15 is 0 Å². The van der Waals surface area contributed by atoms with Crippen LogP contribution >= 0.6 is 0 Å². The zero-order valence-corrected chi connectivity index (χ0v) is 12.7. The van der Waals surface area contributed by atoms with E-state index in [-0.39, 0.29) is 5.91 Å². The lowest BCUT2D eigenvalue weighted by Crippen LogP contribution is -2.42. The maximum absolute atomic E-state index is 11.8. The fourth-order valence-electron chi connectivity index (χ4n) is 1.88. The molecule has 0 saturated carbocycles. The second-order valence-corrected chi connectivity index (χ2v) is 4.90. The van der Waals surface area contributed by atoms with E-state index in [1.807, 2.05) is 30.3 Å². The monoisotopic (exact) mass is 294 g/mol. The van der Waals surface area contributed by atoms with Crippen LogP contribution in [-0.2, 0) is 20.7 Å². The van der Waals surface area contributed by atoms with Crippen molar-refractivity contribution in [3.8, 4) is 0 Å². The summed E-state index contributed by atoms with van der Waals surface area (Å²) >= 11 is 0. The highest BCUT2D eigenvalue weighted by atomic mass is 16.5. The van der Waals surface area contributed by atoms with E-state index in [0.29, 0.717) is 32.8 Å². The molecular weight excluding hydrogens is 268 g/mol. The van der Waals surface area contributed by atoms with E-state index < -0.39 is 6.04 Å². The average Bonchev–Trinajstić information content (AvgIpc) is 2.50. The maximum atomic E-state index is 11.8. The van der Waals surface area contributed by atoms with Gasteiger partial charge < -0.3 is 20.5 Å². The molecule has 1 aromatic rings. The number of unbranched alkanes of at least 4 members (excludes halogenated alkanes) is 1. The zero-order chi connectivity index (χ0) is 15.3. The quantitative estimate of drug-likeness (QED) is 0.600. The molecule has 0 heterocycles. The molecule has 21 heavy (non-hydrogen) atoms. The highest BCUT2D eigenvalue weighted by Crippen LogP contribution is 2.01. The fourth-order valence-corrected chi connectivity index (χ4v) is 1.88. The predicted octanol–water partition coefficient (Wildman–Crippen LogP) is 1.12. The number of ether oxygens (including phenoxy) is 2. The van der Waals surface area contributed by atoms with Crippen molar-refractivity contribution in [2.45, 2.75) is 25.3 Å². The number of nitrogens with one attached hydrogen (secondary N) is 1. The number of hydrogen-bond acceptors (Lipinski definition) is 4. The van der Waals surface area contributed by atoms with Gasteiger partial charge in [0.2, 0.25) is 5.91 Å². The molecule has 0 bridgehead atoms. The number of carbonyl (C=O) groups excluding carboxylic acids is 1. The lowest BCUT2D eigenvalue weighted by Gasteiger charge is -2.12. The van der Waals surface area contributed by atoms with Crippen molar-refractivity contribution >= 4 is 5.91 Å². The SMILES string of the molecule is COCCOCCCCNC(=O)C(N)Cc1ccccc1. The van der Waals surface area contributed by atoms with Crippen LogP contribution in [-0.4, -0.2) is 45.4 Å². The Morgan fingerprint density at radius 1 is 1.19 bits per heavy atom. The molecule has 5 nitrogen and oxygen atoms in total. The first-order chi connectivity index (χ1) is 10.2. The third kappa shape index (κ3) is 8.45. The molecule has 0 aliphatic rings. The van der Waals surface area contributed by atoms with Crippen molar-refractivity contribution in [3.63, 3.8) is 0 Å². The topological polar surface area (TPSA) is 73.6 Å². The lowest BCUT2D eigenvalue weighted by molar-refractivity contribution is -0.122. The summed E-state index contributed by atoms with van der Waals surface area (Å²) in [6.45, 7) is 2.56. The summed E-state index contributed by atoms with van der Waals surface area (Å²) in [6.07, 6.45) is 2.36. The summed E-state index contributed by atoms with van der Waals surface area (Å²) in [5.74, 6) is -0.0980. The van der Waals surface area contributed by atoms with Gasteiger partial charge in [0.1, 0.15) is 0 Å². The Morgan fingerprint density at radius 3 is 2.67 bits per heavy atom. The summed E-state index contributed by atoms with van der Waals surface area (Å²) in [6, 6.07) is 9.30. The Balaban J connectivity index is 2.05. The third-order valence-electron chi connectivity index (χ3n) is 3.08. The van der Waals surface area contributed by atoms with Gasteiger partial charge in [0.15, 0.2) is 0 Å². The molecule has 5 heteroatoms. The predicted molar refractivity (Wildman–Crippen MR) is 83.1 cm³/mol. The molecule has 3 N–H and O–H groups in total. The van der Waals surface area contributed by atoms with Gasteiger partial charge >= 0.3 is 0 Å². The number of hydrogen-bond donors (Lipinski definition) is 2. The Kier molecular flexibility index (Phi) is 9.44. The van der Waals surface area contributed by atoms with Gasteiger partial charge in [-0.2, -0.15) is 0 Å². The first kappa shape index (κ1) is 17.6. The number of carbonyl (C=O) groups is 1. The minimum absolute atomic E-state index is 0.0980. The van der Waals surface area contributed by atoms with Gasteiger partial charge in [-0.3, -0.25) is 4.79 Å². The molecule has 0 aliphatic carbocycles. The smallest absolute Gasteiger partial charge is 0.237 e. The van der Waals surface area contributed by atoms with E-state index in [1.54, 1.807) is 7.11 Å². The summed E-state index contributed by atoms with van der Waals surface area (Å²) < 4.78 is 10.2. The highest BCUT2D eigenvalue weighted by molar-refractivity contribution is 5.81. The lowest BCUT2D eigenvalue weighted by atomic mass is 10.1. The van der Waals surface area contributed by atoms with Crippen LogP contribution in [0.5, 0.6) is 0 Å². The largest absolute Gasteiger partial charge is 0.382 e. The van der Waals surface area contributed by atoms with Gasteiger partial charge in [0.25, 0.3) is 0 Å². The Morgan fingerprint density at radius 2 is 1.95 bits per heavy atom. The summed E-state index contributed by atoms with van der Waals surface area (Å²) in [4.78, 5) is 11.8. The third-order valence-corrected chi connectivity index (χ3v) is 3.08. The van der Waals surface area contributed by atoms with Gasteiger partial charge in [-0.25, -0.2) is 0 Å². The number of methoxy groups -OCH3 is 1. The Bertz CT molecular complexity index is 384. The van der Waals surface area contributed by atoms with Crippen molar-refractivity contribution in [1.82, 2.24) is 5.32 Å². The first-order valence-corrected chi connectivity index (χ1v) is 7.38. The molecule has 0 aromatic heterocycles. The molecule has 1 amide bonds. The van der Waals surface area contributed by atoms with Crippen LogP contribution in [0, 0.1) is 0 Å². The normalized spacial score (nSPS) is 12.1. The van der Waals surface area contributed by atoms with Gasteiger partial charge in [-0.05, 0) is 24.8 Å². The molecule has 0 radical (unpaired) electrons. The second-order valence-electron chi connectivity index (χ2n) is 4.90. The zero-order valence-electron chi connectivity index (χ0n) is 12.7. The molecular formula is C16H26N2O3. The number of amides is 1. The minimum atomic E-state index is -0.495. The van der Waals surface area contributed by atoms with E-state index in [2.05, 4.69) is 5.32 Å². The molecule has 0 spiro atoms. The average molecular weight is 294 g/mol. The van der Waals surface area contributed by atoms with Crippen molar-refractivity contribution < 1.29 is 14.3 Å². The van der Waals surface area contributed by atoms with Crippen LogP contribution in [0.15, 0.2) is 30.3 Å². The van der Waals surface area contributed by atoms with E-state index in [1.165, 1.54) is 0 Å². The molecule has 0 saturated heterocycles. The minimum Gasteiger partial charge on any atom is -0.382 e. The number of nitrogens with two attached hydrogens (primary N) is 1. The summed E-state index contributed by atoms with van der Waals surface area (Å²) in [5, 5.41) is 2.86. The standard InChI is InChI=1S/C16H26N2O3/c1-20-11-12-21-10-6-5-9-18-16(19)15(17)13-14-7-3-2-4-8-14/h2-4,7-8,15H,5-6,9-13,17H2,1H3,(H,18,19). The van der Waals surface area contributed by atoms with E-state index in [9.17, 15) is 4.79 Å². The van der Waals surface area contributed by atoms with Gasteiger partial charge in [0, 0.05) is 20.3 Å². The summed E-state index contributed by atoms with van der Waals surface area (Å²) in [7, 11) is 1.65. The van der Waals surface area contributed by atoms with Crippen molar-refractivity contribution in [2.75, 3.05) is 33.5 Å². The van der Waals surface area contributed by atoms with Crippen LogP contribution in [0.4, 0.5) is 0 Å². The van der Waals surface area contributed by atoms with Crippen molar-refractivity contribution in [2.24, 2.45) is 5.73 Å². The summed E-state index contributed by atoms with van der Waals surface area (Å²) in [5.41, 5.74) is 6.97. The van der Waals surface area contributed by atoms with Gasteiger partial charge in [-0.1, -0.05) is 30.3 Å². The number of rotatable bonds is 11. The Hall–Kier alpha value is -1.43. The van der Waals surface area contributed by atoms with Crippen LogP contribution in [0.2, 0.25) is 0 Å². The molecule has 0 aliphatic heterocycles. The Labute approximate surface area is 126 Å². The first-order valence-electron chi connectivity index (χ1n) is 7.38. The van der Waals surface area contributed by atoms with E-state index in [0.717, 1.165) is 18.4 Å². The molecule has 1 atom stereocenters. The van der Waals surface area contributed by atoms with E-state index in [4.69, 9.17) is 15.2 Å². The van der Waals surface area contributed by atoms with Crippen LogP contribution < -0.4 is 11.1 Å². The molecule has 118 valence electrons. The number of benzene rings is 1. The van der Waals surface area contributed by atoms with Crippen LogP contribution in [0.3, 0.4) is 0 Å². The van der Waals surface area contributed by atoms with Crippen LogP contribution in [0.25, 0.3) is 0 Å². The molecule has 1 aromatic carbocycles. The van der Waals surface area contributed by atoms with Crippen LogP contribution in [0.1, 0.15) is 18.4 Å². The molecule has 0 fully saturated rings. The highest BCUT2D eigenvalue weighted by Gasteiger charge is 2.12. The fraction of sp³-hybridized carbons (Fsp3) is 0.562. The maximum Gasteiger partial charge on any atom is 0.237 e. The van der Waals surface area contributed by atoms with Crippen molar-refractivity contribution in [3.05, 3.63) is 35.9 Å². The van der Waals surface area contributed by atoms with Gasteiger partial charge in [-0.15, -0.1) is 0 Å². The molecule has 1 unspecified atom stereocenters. The van der Waals surface area contributed by atoms with Crippen molar-refractivity contribution in [1.29, 1.82) is 0 Å².